The van der Waals surface area contributed by atoms with Crippen LogP contribution in [-0.2, 0) is 20.0 Å². The van der Waals surface area contributed by atoms with E-state index in [1.807, 2.05) is 27.0 Å². The molecule has 0 saturated heterocycles. The number of anilines is 1. The molecule has 0 aliphatic carbocycles. The van der Waals surface area contributed by atoms with Gasteiger partial charge in [0.15, 0.2) is 0 Å². The molecule has 0 amide bonds. The lowest BCUT2D eigenvalue weighted by Crippen LogP contribution is -2.06. The third kappa shape index (κ3) is 2.89. The van der Waals surface area contributed by atoms with E-state index in [0.717, 1.165) is 40.6 Å². The lowest BCUT2D eigenvalue weighted by Gasteiger charge is -2.12. The van der Waals surface area contributed by atoms with Crippen LogP contribution in [-0.4, -0.2) is 21.9 Å². The standard InChI is InChI=1S/C16H21N5O/c1-6-14-13(16(22-5)21(4)20-14)9-18-15-7-10(2)19-11(3)12(15)8-17/h7H,6,9H2,1-5H3,(H,18,19). The molecule has 2 rings (SSSR count). The summed E-state index contributed by atoms with van der Waals surface area (Å²) < 4.78 is 7.17. The molecule has 0 aromatic carbocycles. The number of methoxy groups -OCH3 is 1. The van der Waals surface area contributed by atoms with Crippen molar-refractivity contribution in [1.29, 1.82) is 5.26 Å². The van der Waals surface area contributed by atoms with Gasteiger partial charge in [0.2, 0.25) is 5.88 Å². The number of nitrogens with one attached hydrogen (secondary N) is 1. The summed E-state index contributed by atoms with van der Waals surface area (Å²) in [7, 11) is 3.50. The molecule has 116 valence electrons. The van der Waals surface area contributed by atoms with Crippen molar-refractivity contribution in [3.05, 3.63) is 34.3 Å². The third-order valence-corrected chi connectivity index (χ3v) is 3.60. The predicted molar refractivity (Wildman–Crippen MR) is 84.9 cm³/mol. The van der Waals surface area contributed by atoms with Gasteiger partial charge in [-0.1, -0.05) is 6.92 Å². The summed E-state index contributed by atoms with van der Waals surface area (Å²) in [5.74, 6) is 0.741. The molecule has 0 bridgehead atoms. The van der Waals surface area contributed by atoms with Crippen molar-refractivity contribution >= 4 is 5.69 Å². The first kappa shape index (κ1) is 15.8. The largest absolute Gasteiger partial charge is 0.481 e. The second kappa shape index (κ2) is 6.48. The Morgan fingerprint density at radius 2 is 2.14 bits per heavy atom. The molecule has 22 heavy (non-hydrogen) atoms. The quantitative estimate of drug-likeness (QED) is 0.918. The average Bonchev–Trinajstić information content (AvgIpc) is 2.79. The first-order valence-electron chi connectivity index (χ1n) is 7.22. The van der Waals surface area contributed by atoms with Gasteiger partial charge >= 0.3 is 0 Å². The Labute approximate surface area is 130 Å². The van der Waals surface area contributed by atoms with Crippen LogP contribution in [0.1, 0.15) is 35.1 Å². The van der Waals surface area contributed by atoms with Gasteiger partial charge in [0.1, 0.15) is 6.07 Å². The van der Waals surface area contributed by atoms with Crippen molar-refractivity contribution in [2.75, 3.05) is 12.4 Å². The van der Waals surface area contributed by atoms with Crippen LogP contribution < -0.4 is 10.1 Å². The molecule has 0 aliphatic rings. The van der Waals surface area contributed by atoms with Gasteiger partial charge in [-0.3, -0.25) is 4.98 Å². The maximum Gasteiger partial charge on any atom is 0.216 e. The number of aromatic nitrogens is 3. The highest BCUT2D eigenvalue weighted by molar-refractivity contribution is 5.60. The van der Waals surface area contributed by atoms with E-state index >= 15 is 0 Å². The van der Waals surface area contributed by atoms with Gasteiger partial charge < -0.3 is 10.1 Å². The highest BCUT2D eigenvalue weighted by atomic mass is 16.5. The maximum atomic E-state index is 9.32. The average molecular weight is 299 g/mol. The maximum absolute atomic E-state index is 9.32. The lowest BCUT2D eigenvalue weighted by molar-refractivity contribution is 0.370. The monoisotopic (exact) mass is 299 g/mol. The van der Waals surface area contributed by atoms with Gasteiger partial charge in [0.25, 0.3) is 0 Å². The summed E-state index contributed by atoms with van der Waals surface area (Å²) in [4.78, 5) is 4.33. The molecule has 1 N–H and O–H groups in total. The zero-order chi connectivity index (χ0) is 16.3. The highest BCUT2D eigenvalue weighted by Crippen LogP contribution is 2.25. The van der Waals surface area contributed by atoms with Crippen molar-refractivity contribution in [2.45, 2.75) is 33.7 Å². The number of nitrogens with zero attached hydrogens (tertiary/aromatic N) is 4. The minimum absolute atomic E-state index is 0.553. The molecule has 0 radical (unpaired) electrons. The van der Waals surface area contributed by atoms with Crippen LogP contribution in [0, 0.1) is 25.2 Å². The first-order chi connectivity index (χ1) is 10.5. The number of aryl methyl sites for hydroxylation is 4. The molecular weight excluding hydrogens is 278 g/mol. The van der Waals surface area contributed by atoms with Crippen LogP contribution in [0.25, 0.3) is 0 Å². The van der Waals surface area contributed by atoms with Gasteiger partial charge in [-0.15, -0.1) is 0 Å². The summed E-state index contributed by atoms with van der Waals surface area (Å²) in [6.07, 6.45) is 0.827. The van der Waals surface area contributed by atoms with E-state index in [1.54, 1.807) is 11.8 Å². The van der Waals surface area contributed by atoms with Crippen LogP contribution in [0.15, 0.2) is 6.07 Å². The number of ether oxygens (including phenoxy) is 1. The van der Waals surface area contributed by atoms with E-state index in [2.05, 4.69) is 28.4 Å². The van der Waals surface area contributed by atoms with E-state index in [4.69, 9.17) is 4.74 Å². The molecule has 0 spiro atoms. The van der Waals surface area contributed by atoms with Crippen LogP contribution in [0.5, 0.6) is 5.88 Å². The molecule has 0 unspecified atom stereocenters. The minimum Gasteiger partial charge on any atom is -0.481 e. The molecule has 2 aromatic rings. The SMILES string of the molecule is CCc1nn(C)c(OC)c1CNc1cc(C)nc(C)c1C#N. The fraction of sp³-hybridized carbons (Fsp3) is 0.438. The van der Waals surface area contributed by atoms with Gasteiger partial charge in [-0.2, -0.15) is 10.4 Å². The molecule has 6 heteroatoms. The highest BCUT2D eigenvalue weighted by Gasteiger charge is 2.16. The Hall–Kier alpha value is -2.55. The lowest BCUT2D eigenvalue weighted by atomic mass is 10.1. The molecule has 2 heterocycles. The molecule has 0 fully saturated rings. The smallest absolute Gasteiger partial charge is 0.216 e. The first-order valence-corrected chi connectivity index (χ1v) is 7.22. The number of nitriles is 1. The van der Waals surface area contributed by atoms with Gasteiger partial charge in [-0.05, 0) is 26.3 Å². The molecule has 0 atom stereocenters. The van der Waals surface area contributed by atoms with Gasteiger partial charge in [0.05, 0.1) is 35.3 Å². The van der Waals surface area contributed by atoms with Gasteiger partial charge in [0, 0.05) is 19.3 Å². The fourth-order valence-corrected chi connectivity index (χ4v) is 2.62. The summed E-state index contributed by atoms with van der Waals surface area (Å²) in [6, 6.07) is 4.10. The second-order valence-electron chi connectivity index (χ2n) is 5.15. The summed E-state index contributed by atoms with van der Waals surface area (Å²) in [5, 5.41) is 17.1. The Kier molecular flexibility index (Phi) is 4.66. The summed E-state index contributed by atoms with van der Waals surface area (Å²) in [6.45, 7) is 6.38. The second-order valence-corrected chi connectivity index (χ2v) is 5.15. The molecule has 6 nitrogen and oxygen atoms in total. The molecule has 0 aliphatic heterocycles. The number of rotatable bonds is 5. The van der Waals surface area contributed by atoms with Crippen molar-refractivity contribution in [1.82, 2.24) is 14.8 Å². The zero-order valence-electron chi connectivity index (χ0n) is 13.7. The van der Waals surface area contributed by atoms with Crippen molar-refractivity contribution < 1.29 is 4.74 Å². The number of hydrogen-bond acceptors (Lipinski definition) is 5. The normalized spacial score (nSPS) is 10.4. The Morgan fingerprint density at radius 3 is 2.73 bits per heavy atom. The van der Waals surface area contributed by atoms with E-state index in [0.29, 0.717) is 12.1 Å². The van der Waals surface area contributed by atoms with Crippen LogP contribution in [0.2, 0.25) is 0 Å². The third-order valence-electron chi connectivity index (χ3n) is 3.60. The van der Waals surface area contributed by atoms with Crippen LogP contribution in [0.3, 0.4) is 0 Å². The number of hydrogen-bond donors (Lipinski definition) is 1. The van der Waals surface area contributed by atoms with Crippen molar-refractivity contribution in [3.63, 3.8) is 0 Å². The molecular formula is C16H21N5O. The van der Waals surface area contributed by atoms with Crippen LogP contribution >= 0.6 is 0 Å². The molecule has 0 saturated carbocycles. The summed E-state index contributed by atoms with van der Waals surface area (Å²) >= 11 is 0. The van der Waals surface area contributed by atoms with E-state index < -0.39 is 0 Å². The van der Waals surface area contributed by atoms with Gasteiger partial charge in [-0.25, -0.2) is 4.68 Å². The fourth-order valence-electron chi connectivity index (χ4n) is 2.62. The zero-order valence-corrected chi connectivity index (χ0v) is 13.7. The Bertz CT molecular complexity index is 727. The summed E-state index contributed by atoms with van der Waals surface area (Å²) in [5.41, 5.74) is 5.00. The Balaban J connectivity index is 2.34. The minimum atomic E-state index is 0.553. The predicted octanol–water partition coefficient (Wildman–Crippen LogP) is 2.49. The van der Waals surface area contributed by atoms with E-state index in [-0.39, 0.29) is 0 Å². The topological polar surface area (TPSA) is 75.8 Å². The van der Waals surface area contributed by atoms with E-state index in [9.17, 15) is 5.26 Å². The van der Waals surface area contributed by atoms with E-state index in [1.165, 1.54) is 0 Å². The Morgan fingerprint density at radius 1 is 1.41 bits per heavy atom. The van der Waals surface area contributed by atoms with Crippen molar-refractivity contribution in [3.8, 4) is 11.9 Å². The van der Waals surface area contributed by atoms with Crippen LogP contribution in [0.4, 0.5) is 5.69 Å². The number of pyridine rings is 1. The molecule has 2 aromatic heterocycles. The van der Waals surface area contributed by atoms with Crippen molar-refractivity contribution in [2.24, 2.45) is 7.05 Å².